The van der Waals surface area contributed by atoms with Crippen LogP contribution in [0.4, 0.5) is 0 Å². The molecular weight excluding hydrogens is 280 g/mol. The smallest absolute Gasteiger partial charge is 0.240 e. The molecule has 2 N–H and O–H groups in total. The number of aryl methyl sites for hydroxylation is 1. The van der Waals surface area contributed by atoms with Gasteiger partial charge in [0.2, 0.25) is 5.91 Å². The quantitative estimate of drug-likeness (QED) is 0.773. The molecule has 0 aliphatic heterocycles. The van der Waals surface area contributed by atoms with Crippen LogP contribution < -0.4 is 5.32 Å². The summed E-state index contributed by atoms with van der Waals surface area (Å²) >= 11 is 0. The van der Waals surface area contributed by atoms with E-state index in [2.05, 4.69) is 10.4 Å². The van der Waals surface area contributed by atoms with Crippen LogP contribution in [-0.4, -0.2) is 25.4 Å². The summed E-state index contributed by atoms with van der Waals surface area (Å²) in [6, 6.07) is 9.55. The fourth-order valence-electron chi connectivity index (χ4n) is 2.59. The van der Waals surface area contributed by atoms with Crippen LogP contribution in [0.3, 0.4) is 0 Å². The second kappa shape index (κ2) is 5.55. The van der Waals surface area contributed by atoms with Gasteiger partial charge in [-0.25, -0.2) is 0 Å². The minimum absolute atomic E-state index is 0.0849. The van der Waals surface area contributed by atoms with Crippen molar-refractivity contribution in [1.82, 2.24) is 19.7 Å². The summed E-state index contributed by atoms with van der Waals surface area (Å²) in [6.45, 7) is 2.03. The summed E-state index contributed by atoms with van der Waals surface area (Å²) in [5.74, 6) is -0.0411. The molecule has 22 heavy (non-hydrogen) atoms. The number of amides is 1. The van der Waals surface area contributed by atoms with Crippen molar-refractivity contribution in [3.63, 3.8) is 0 Å². The third kappa shape index (κ3) is 2.67. The van der Waals surface area contributed by atoms with Crippen LogP contribution >= 0.6 is 0 Å². The van der Waals surface area contributed by atoms with E-state index in [1.807, 2.05) is 41.1 Å². The number of aromatic nitrogens is 3. The minimum atomic E-state index is -0.351. The van der Waals surface area contributed by atoms with Crippen LogP contribution in [0.5, 0.6) is 5.75 Å². The molecule has 0 bridgehead atoms. The molecule has 1 unspecified atom stereocenters. The molecule has 3 rings (SSSR count). The summed E-state index contributed by atoms with van der Waals surface area (Å²) in [6.07, 6.45) is 3.41. The molecule has 0 aliphatic rings. The van der Waals surface area contributed by atoms with Gasteiger partial charge in [-0.3, -0.25) is 9.48 Å². The molecule has 2 heterocycles. The Morgan fingerprint density at radius 1 is 1.36 bits per heavy atom. The summed E-state index contributed by atoms with van der Waals surface area (Å²) < 4.78 is 3.42. The number of para-hydroxylation sites is 1. The second-order valence-electron chi connectivity index (χ2n) is 5.36. The molecular formula is C16H18N4O2. The molecule has 6 heteroatoms. The highest BCUT2D eigenvalue weighted by Gasteiger charge is 2.17. The lowest BCUT2D eigenvalue weighted by Crippen LogP contribution is -2.30. The zero-order valence-corrected chi connectivity index (χ0v) is 12.5. The van der Waals surface area contributed by atoms with E-state index in [0.717, 1.165) is 10.9 Å². The molecule has 6 nitrogen and oxygen atoms in total. The highest BCUT2D eigenvalue weighted by atomic mass is 16.3. The maximum atomic E-state index is 12.2. The predicted octanol–water partition coefficient (Wildman–Crippen LogP) is 1.96. The molecule has 0 saturated carbocycles. The highest BCUT2D eigenvalue weighted by molar-refractivity contribution is 5.83. The molecule has 0 aliphatic carbocycles. The van der Waals surface area contributed by atoms with Gasteiger partial charge in [0.05, 0.1) is 12.2 Å². The number of hydrogen-bond acceptors (Lipinski definition) is 3. The number of rotatable bonds is 4. The second-order valence-corrected chi connectivity index (χ2v) is 5.36. The molecule has 0 spiro atoms. The zero-order valence-electron chi connectivity index (χ0n) is 12.5. The SMILES string of the molecule is CC(NC(=O)Cn1ccc2ccccc21)c1nn(C)cc1O. The first-order valence-electron chi connectivity index (χ1n) is 7.10. The van der Waals surface area contributed by atoms with Gasteiger partial charge in [0, 0.05) is 18.8 Å². The van der Waals surface area contributed by atoms with Crippen LogP contribution in [0.2, 0.25) is 0 Å². The molecule has 1 amide bonds. The van der Waals surface area contributed by atoms with Crippen LogP contribution in [0.1, 0.15) is 18.7 Å². The standard InChI is InChI=1S/C16H18N4O2/c1-11(16-14(21)9-19(2)18-16)17-15(22)10-20-8-7-12-5-3-4-6-13(12)20/h3-9,11,21H,10H2,1-2H3,(H,17,22). The molecule has 114 valence electrons. The lowest BCUT2D eigenvalue weighted by molar-refractivity contribution is -0.122. The van der Waals surface area contributed by atoms with Crippen molar-refractivity contribution in [2.24, 2.45) is 7.05 Å². The van der Waals surface area contributed by atoms with E-state index in [0.29, 0.717) is 5.69 Å². The highest BCUT2D eigenvalue weighted by Crippen LogP contribution is 2.21. The first kappa shape index (κ1) is 14.2. The molecule has 0 radical (unpaired) electrons. The van der Waals surface area contributed by atoms with Gasteiger partial charge in [-0.1, -0.05) is 18.2 Å². The van der Waals surface area contributed by atoms with Crippen LogP contribution in [0, 0.1) is 0 Å². The summed E-state index contributed by atoms with van der Waals surface area (Å²) in [5, 5.41) is 17.9. The largest absolute Gasteiger partial charge is 0.504 e. The fraction of sp³-hybridized carbons (Fsp3) is 0.250. The van der Waals surface area contributed by atoms with E-state index in [1.165, 1.54) is 10.9 Å². The number of benzene rings is 1. The number of hydrogen-bond donors (Lipinski definition) is 2. The molecule has 0 saturated heterocycles. The van der Waals surface area contributed by atoms with Crippen molar-refractivity contribution in [2.45, 2.75) is 19.5 Å². The van der Waals surface area contributed by atoms with E-state index in [4.69, 9.17) is 0 Å². The van der Waals surface area contributed by atoms with Crippen molar-refractivity contribution in [1.29, 1.82) is 0 Å². The first-order chi connectivity index (χ1) is 10.5. The summed E-state index contributed by atoms with van der Waals surface area (Å²) in [5.41, 5.74) is 1.49. The Labute approximate surface area is 128 Å². The third-order valence-corrected chi connectivity index (χ3v) is 3.62. The Morgan fingerprint density at radius 3 is 2.86 bits per heavy atom. The van der Waals surface area contributed by atoms with Gasteiger partial charge in [-0.05, 0) is 24.4 Å². The maximum absolute atomic E-state index is 12.2. The van der Waals surface area contributed by atoms with Gasteiger partial charge in [-0.2, -0.15) is 5.10 Å². The lowest BCUT2D eigenvalue weighted by Gasteiger charge is -2.13. The van der Waals surface area contributed by atoms with Crippen LogP contribution in [0.15, 0.2) is 42.7 Å². The Balaban J connectivity index is 1.71. The van der Waals surface area contributed by atoms with Crippen molar-refractivity contribution >= 4 is 16.8 Å². The Kier molecular flexibility index (Phi) is 3.58. The zero-order chi connectivity index (χ0) is 15.7. The van der Waals surface area contributed by atoms with Crippen molar-refractivity contribution in [2.75, 3.05) is 0 Å². The number of carbonyl (C=O) groups excluding carboxylic acids is 1. The Bertz CT molecular complexity index is 819. The molecule has 1 atom stereocenters. The topological polar surface area (TPSA) is 72.1 Å². The van der Waals surface area contributed by atoms with Gasteiger partial charge >= 0.3 is 0 Å². The van der Waals surface area contributed by atoms with E-state index in [1.54, 1.807) is 14.0 Å². The summed E-state index contributed by atoms with van der Waals surface area (Å²) in [4.78, 5) is 12.2. The van der Waals surface area contributed by atoms with E-state index in [9.17, 15) is 9.90 Å². The predicted molar refractivity (Wildman–Crippen MR) is 83.4 cm³/mol. The normalized spacial score (nSPS) is 12.5. The van der Waals surface area contributed by atoms with Gasteiger partial charge < -0.3 is 15.0 Å². The number of fused-ring (bicyclic) bond motifs is 1. The fourth-order valence-corrected chi connectivity index (χ4v) is 2.59. The van der Waals surface area contributed by atoms with E-state index in [-0.39, 0.29) is 24.2 Å². The minimum Gasteiger partial charge on any atom is -0.504 e. The lowest BCUT2D eigenvalue weighted by atomic mass is 10.2. The van der Waals surface area contributed by atoms with Gasteiger partial charge in [-0.15, -0.1) is 0 Å². The molecule has 0 fully saturated rings. The maximum Gasteiger partial charge on any atom is 0.240 e. The molecule has 1 aromatic carbocycles. The Hall–Kier alpha value is -2.76. The number of nitrogens with one attached hydrogen (secondary N) is 1. The number of nitrogens with zero attached hydrogens (tertiary/aromatic N) is 3. The van der Waals surface area contributed by atoms with Crippen LogP contribution in [-0.2, 0) is 18.4 Å². The third-order valence-electron chi connectivity index (χ3n) is 3.62. The van der Waals surface area contributed by atoms with Gasteiger partial charge in [0.15, 0.2) is 5.75 Å². The molecule has 3 aromatic rings. The van der Waals surface area contributed by atoms with Gasteiger partial charge in [0.25, 0.3) is 0 Å². The van der Waals surface area contributed by atoms with E-state index >= 15 is 0 Å². The van der Waals surface area contributed by atoms with Crippen molar-refractivity contribution < 1.29 is 9.90 Å². The number of aromatic hydroxyl groups is 1. The van der Waals surface area contributed by atoms with Crippen molar-refractivity contribution in [3.8, 4) is 5.75 Å². The summed E-state index contributed by atoms with van der Waals surface area (Å²) in [7, 11) is 1.73. The number of carbonyl (C=O) groups is 1. The Morgan fingerprint density at radius 2 is 2.14 bits per heavy atom. The molecule has 2 aromatic heterocycles. The average molecular weight is 298 g/mol. The monoisotopic (exact) mass is 298 g/mol. The van der Waals surface area contributed by atoms with Gasteiger partial charge in [0.1, 0.15) is 12.2 Å². The van der Waals surface area contributed by atoms with E-state index < -0.39 is 0 Å². The average Bonchev–Trinajstić information content (AvgIpc) is 3.02. The first-order valence-corrected chi connectivity index (χ1v) is 7.10. The van der Waals surface area contributed by atoms with Crippen LogP contribution in [0.25, 0.3) is 10.9 Å². The van der Waals surface area contributed by atoms with Crippen molar-refractivity contribution in [3.05, 3.63) is 48.4 Å².